The highest BCUT2D eigenvalue weighted by molar-refractivity contribution is 7.09. The molecule has 3 aromatic rings. The number of aromatic nitrogens is 3. The Morgan fingerprint density at radius 2 is 1.73 bits per heavy atom. The van der Waals surface area contributed by atoms with E-state index in [1.165, 1.54) is 0 Å². The lowest BCUT2D eigenvalue weighted by Crippen LogP contribution is -2.22. The predicted molar refractivity (Wildman–Crippen MR) is 85.2 cm³/mol. The van der Waals surface area contributed by atoms with E-state index in [-0.39, 0.29) is 5.91 Å². The van der Waals surface area contributed by atoms with E-state index in [4.69, 9.17) is 5.73 Å². The van der Waals surface area contributed by atoms with Gasteiger partial charge in [-0.15, -0.1) is 0 Å². The molecule has 0 aromatic carbocycles. The Kier molecular flexibility index (Phi) is 4.06. The lowest BCUT2D eigenvalue weighted by Gasteiger charge is -2.04. The number of nitrogen functional groups attached to an aromatic ring is 1. The number of carbonyl (C=O) groups excluding carboxylic acids is 1. The number of carbonyl (C=O) groups is 1. The van der Waals surface area contributed by atoms with Crippen LogP contribution in [0.15, 0.2) is 49.1 Å². The molecule has 0 bridgehead atoms. The standard InChI is InChI=1S/C15H13N5OS/c16-12-13(11-3-7-18-8-4-11)20-22-14(12)15(21)19-9-10-1-5-17-6-2-10/h1-8H,9,16H2,(H,19,21). The molecule has 0 fully saturated rings. The second-order valence-corrected chi connectivity index (χ2v) is 5.32. The average Bonchev–Trinajstić information content (AvgIpc) is 2.96. The van der Waals surface area contributed by atoms with Crippen molar-refractivity contribution in [2.24, 2.45) is 0 Å². The summed E-state index contributed by atoms with van der Waals surface area (Å²) in [6.45, 7) is 0.420. The summed E-state index contributed by atoms with van der Waals surface area (Å²) in [4.78, 5) is 20.5. The molecule has 0 unspecified atom stereocenters. The molecule has 7 heteroatoms. The summed E-state index contributed by atoms with van der Waals surface area (Å²) < 4.78 is 4.28. The molecule has 0 spiro atoms. The maximum absolute atomic E-state index is 12.2. The Hall–Kier alpha value is -2.80. The van der Waals surface area contributed by atoms with Gasteiger partial charge in [-0.1, -0.05) is 0 Å². The van der Waals surface area contributed by atoms with E-state index in [2.05, 4.69) is 19.7 Å². The van der Waals surface area contributed by atoms with E-state index < -0.39 is 0 Å². The molecule has 0 aliphatic carbocycles. The van der Waals surface area contributed by atoms with E-state index in [1.807, 2.05) is 24.3 Å². The summed E-state index contributed by atoms with van der Waals surface area (Å²) in [7, 11) is 0. The van der Waals surface area contributed by atoms with Crippen molar-refractivity contribution in [1.29, 1.82) is 0 Å². The van der Waals surface area contributed by atoms with Gasteiger partial charge in [-0.05, 0) is 41.4 Å². The van der Waals surface area contributed by atoms with Gasteiger partial charge in [-0.2, -0.15) is 4.37 Å². The number of amides is 1. The number of rotatable bonds is 4. The van der Waals surface area contributed by atoms with Gasteiger partial charge in [-0.25, -0.2) is 0 Å². The Bertz CT molecular complexity index is 773. The van der Waals surface area contributed by atoms with Crippen LogP contribution in [0.4, 0.5) is 5.69 Å². The lowest BCUT2D eigenvalue weighted by atomic mass is 10.1. The topological polar surface area (TPSA) is 93.8 Å². The summed E-state index contributed by atoms with van der Waals surface area (Å²) in [5.41, 5.74) is 8.88. The van der Waals surface area contributed by atoms with Crippen LogP contribution in [0.5, 0.6) is 0 Å². The minimum atomic E-state index is -0.230. The maximum Gasteiger partial charge on any atom is 0.265 e. The highest BCUT2D eigenvalue weighted by atomic mass is 32.1. The molecular formula is C15H13N5OS. The van der Waals surface area contributed by atoms with E-state index >= 15 is 0 Å². The van der Waals surface area contributed by atoms with Crippen LogP contribution in [0.2, 0.25) is 0 Å². The van der Waals surface area contributed by atoms with Crippen molar-refractivity contribution in [3.63, 3.8) is 0 Å². The smallest absolute Gasteiger partial charge is 0.265 e. The van der Waals surface area contributed by atoms with Crippen molar-refractivity contribution in [3.05, 3.63) is 59.5 Å². The van der Waals surface area contributed by atoms with Crippen molar-refractivity contribution in [2.45, 2.75) is 6.54 Å². The molecule has 0 saturated heterocycles. The van der Waals surface area contributed by atoms with Crippen molar-refractivity contribution in [3.8, 4) is 11.3 Å². The fourth-order valence-corrected chi connectivity index (χ4v) is 2.68. The van der Waals surface area contributed by atoms with Crippen molar-refractivity contribution in [2.75, 3.05) is 5.73 Å². The van der Waals surface area contributed by atoms with Crippen LogP contribution in [0.1, 0.15) is 15.2 Å². The van der Waals surface area contributed by atoms with Crippen molar-refractivity contribution >= 4 is 23.1 Å². The molecule has 6 nitrogen and oxygen atoms in total. The first-order valence-corrected chi connectivity index (χ1v) is 7.35. The van der Waals surface area contributed by atoms with Crippen LogP contribution < -0.4 is 11.1 Å². The maximum atomic E-state index is 12.2. The first-order valence-electron chi connectivity index (χ1n) is 6.58. The minimum absolute atomic E-state index is 0.230. The van der Waals surface area contributed by atoms with Gasteiger partial charge in [0.2, 0.25) is 0 Å². The number of nitrogens with one attached hydrogen (secondary N) is 1. The Morgan fingerprint density at radius 3 is 2.41 bits per heavy atom. The molecule has 1 amide bonds. The van der Waals surface area contributed by atoms with Crippen molar-refractivity contribution in [1.82, 2.24) is 19.7 Å². The number of hydrogen-bond acceptors (Lipinski definition) is 6. The van der Waals surface area contributed by atoms with Crippen LogP contribution in [0.3, 0.4) is 0 Å². The summed E-state index contributed by atoms with van der Waals surface area (Å²) in [5, 5.41) is 2.83. The zero-order chi connectivity index (χ0) is 15.4. The molecule has 0 aliphatic heterocycles. The number of pyridine rings is 2. The highest BCUT2D eigenvalue weighted by Crippen LogP contribution is 2.30. The zero-order valence-electron chi connectivity index (χ0n) is 11.6. The van der Waals surface area contributed by atoms with Crippen molar-refractivity contribution < 1.29 is 4.79 Å². The largest absolute Gasteiger partial charge is 0.396 e. The van der Waals surface area contributed by atoms with Gasteiger partial charge in [0.1, 0.15) is 10.6 Å². The summed E-state index contributed by atoms with van der Waals surface area (Å²) in [6, 6.07) is 7.31. The molecule has 22 heavy (non-hydrogen) atoms. The van der Waals surface area contributed by atoms with Crippen LogP contribution in [0, 0.1) is 0 Å². The molecule has 3 N–H and O–H groups in total. The Balaban J connectivity index is 1.75. The molecule has 3 rings (SSSR count). The minimum Gasteiger partial charge on any atom is -0.396 e. The third-order valence-corrected chi connectivity index (χ3v) is 3.95. The SMILES string of the molecule is Nc1c(-c2ccncc2)nsc1C(=O)NCc1ccncc1. The summed E-state index contributed by atoms with van der Waals surface area (Å²) >= 11 is 1.09. The first-order chi connectivity index (χ1) is 10.8. The highest BCUT2D eigenvalue weighted by Gasteiger charge is 2.18. The fourth-order valence-electron chi connectivity index (χ4n) is 1.94. The third kappa shape index (κ3) is 2.94. The molecule has 0 atom stereocenters. The first kappa shape index (κ1) is 14.2. The van der Waals surface area contributed by atoms with Crippen LogP contribution in [-0.4, -0.2) is 20.2 Å². The molecule has 110 valence electrons. The van der Waals surface area contributed by atoms with Gasteiger partial charge in [0.05, 0.1) is 5.69 Å². The second kappa shape index (κ2) is 6.31. The van der Waals surface area contributed by atoms with Gasteiger partial charge in [0.25, 0.3) is 5.91 Å². The van der Waals surface area contributed by atoms with E-state index in [1.54, 1.807) is 24.8 Å². The average molecular weight is 311 g/mol. The van der Waals surface area contributed by atoms with Gasteiger partial charge in [0, 0.05) is 36.9 Å². The molecule has 0 radical (unpaired) electrons. The molecule has 0 saturated carbocycles. The van der Waals surface area contributed by atoms with Crippen LogP contribution in [-0.2, 0) is 6.54 Å². The quantitative estimate of drug-likeness (QED) is 0.769. The van der Waals surface area contributed by atoms with E-state index in [9.17, 15) is 4.79 Å². The zero-order valence-corrected chi connectivity index (χ0v) is 12.4. The normalized spacial score (nSPS) is 10.4. The fraction of sp³-hybridized carbons (Fsp3) is 0.0667. The molecule has 3 heterocycles. The van der Waals surface area contributed by atoms with Gasteiger partial charge >= 0.3 is 0 Å². The number of nitrogens with two attached hydrogens (primary N) is 1. The van der Waals surface area contributed by atoms with Gasteiger partial charge < -0.3 is 11.1 Å². The molecule has 0 aliphatic rings. The lowest BCUT2D eigenvalue weighted by molar-refractivity contribution is 0.0956. The second-order valence-electron chi connectivity index (χ2n) is 4.55. The summed E-state index contributed by atoms with van der Waals surface area (Å²) in [5.74, 6) is -0.230. The van der Waals surface area contributed by atoms with Gasteiger partial charge in [0.15, 0.2) is 0 Å². The van der Waals surface area contributed by atoms with Crippen LogP contribution >= 0.6 is 11.5 Å². The Labute approximate surface area is 131 Å². The molecule has 3 aromatic heterocycles. The molecular weight excluding hydrogens is 298 g/mol. The van der Waals surface area contributed by atoms with E-state index in [0.29, 0.717) is 22.8 Å². The Morgan fingerprint density at radius 1 is 1.09 bits per heavy atom. The summed E-state index contributed by atoms with van der Waals surface area (Å²) in [6.07, 6.45) is 6.70. The predicted octanol–water partition coefficient (Wildman–Crippen LogP) is 2.11. The number of hydrogen-bond donors (Lipinski definition) is 2. The van der Waals surface area contributed by atoms with E-state index in [0.717, 1.165) is 22.7 Å². The number of nitrogens with zero attached hydrogens (tertiary/aromatic N) is 3. The third-order valence-electron chi connectivity index (χ3n) is 3.09. The van der Waals surface area contributed by atoms with Crippen LogP contribution in [0.25, 0.3) is 11.3 Å². The monoisotopic (exact) mass is 311 g/mol. The number of anilines is 1. The van der Waals surface area contributed by atoms with Gasteiger partial charge in [-0.3, -0.25) is 14.8 Å².